The molecule has 10 nitrogen and oxygen atoms in total. The highest BCUT2D eigenvalue weighted by molar-refractivity contribution is 5.82. The predicted octanol–water partition coefficient (Wildman–Crippen LogP) is 5.18. The van der Waals surface area contributed by atoms with Gasteiger partial charge in [0.25, 0.3) is 0 Å². The van der Waals surface area contributed by atoms with Crippen molar-refractivity contribution in [2.75, 3.05) is 18.5 Å². The molecule has 0 saturated carbocycles. The largest absolute Gasteiger partial charge is 0.351 e. The Balaban J connectivity index is 1.23. The number of nitrogens with zero attached hydrogens (tertiary/aromatic N) is 4. The molecular formula is C31H28FN7O3. The number of H-pyrrole nitrogens is 1. The Bertz CT molecular complexity index is 1660. The summed E-state index contributed by atoms with van der Waals surface area (Å²) in [5.41, 5.74) is 3.27. The van der Waals surface area contributed by atoms with E-state index in [2.05, 4.69) is 30.6 Å². The van der Waals surface area contributed by atoms with Crippen LogP contribution in [0, 0.1) is 11.2 Å². The topological polar surface area (TPSA) is 127 Å². The second kappa shape index (κ2) is 11.9. The fraction of sp³-hybridized carbons (Fsp3) is 0.194. The van der Waals surface area contributed by atoms with Gasteiger partial charge in [-0.2, -0.15) is 0 Å². The third-order valence-electron chi connectivity index (χ3n) is 6.86. The number of benzene rings is 2. The molecule has 1 fully saturated rings. The van der Waals surface area contributed by atoms with Crippen LogP contribution in [-0.4, -0.2) is 44.0 Å². The Kier molecular flexibility index (Phi) is 7.67. The highest BCUT2D eigenvalue weighted by Crippen LogP contribution is 2.35. The summed E-state index contributed by atoms with van der Waals surface area (Å²) in [6.45, 7) is 2.49. The summed E-state index contributed by atoms with van der Waals surface area (Å²) in [6, 6.07) is 21.1. The van der Waals surface area contributed by atoms with Gasteiger partial charge >= 0.3 is 0 Å². The number of hydrogen-bond donors (Lipinski definition) is 3. The average Bonchev–Trinajstić information content (AvgIpc) is 3.47. The van der Waals surface area contributed by atoms with Crippen LogP contribution in [0.3, 0.4) is 0 Å². The number of nitrogens with one attached hydrogen (secondary N) is 3. The molecule has 3 aromatic heterocycles. The molecule has 0 spiro atoms. The maximum Gasteiger partial charge on any atom is 0.230 e. The van der Waals surface area contributed by atoms with E-state index in [4.69, 9.17) is 14.5 Å². The lowest BCUT2D eigenvalue weighted by Crippen LogP contribution is -2.48. The summed E-state index contributed by atoms with van der Waals surface area (Å²) in [7, 11) is 0. The zero-order valence-corrected chi connectivity index (χ0v) is 22.8. The monoisotopic (exact) mass is 565 g/mol. The highest BCUT2D eigenvalue weighted by Gasteiger charge is 2.40. The van der Waals surface area contributed by atoms with Gasteiger partial charge in [0, 0.05) is 36.4 Å². The maximum absolute atomic E-state index is 13.7. The first-order valence-corrected chi connectivity index (χ1v) is 13.4. The molecule has 212 valence electrons. The number of rotatable bonds is 8. The number of amides is 1. The molecule has 42 heavy (non-hydrogen) atoms. The first-order chi connectivity index (χ1) is 20.5. The quantitative estimate of drug-likeness (QED) is 0.235. The maximum atomic E-state index is 13.7. The van der Waals surface area contributed by atoms with Crippen LogP contribution in [0.1, 0.15) is 24.6 Å². The molecule has 6 rings (SSSR count). The van der Waals surface area contributed by atoms with Crippen molar-refractivity contribution in [1.82, 2.24) is 30.2 Å². The molecule has 0 radical (unpaired) electrons. The third-order valence-corrected chi connectivity index (χ3v) is 6.86. The van der Waals surface area contributed by atoms with Crippen LogP contribution in [0.15, 0.2) is 91.4 Å². The molecule has 0 bridgehead atoms. The zero-order chi connectivity index (χ0) is 28.9. The number of carbonyl (C=O) groups is 1. The van der Waals surface area contributed by atoms with E-state index in [1.165, 1.54) is 12.1 Å². The van der Waals surface area contributed by atoms with Crippen molar-refractivity contribution >= 4 is 17.5 Å². The van der Waals surface area contributed by atoms with E-state index in [0.29, 0.717) is 41.0 Å². The first kappa shape index (κ1) is 27.2. The van der Waals surface area contributed by atoms with Crippen LogP contribution in [0.25, 0.3) is 22.6 Å². The van der Waals surface area contributed by atoms with Gasteiger partial charge in [-0.1, -0.05) is 30.3 Å². The SMILES string of the molecule is CC1(C(=O)NCc2ccccc2)COC(c2nc(-c3ccc(F)cc3)c(-c3ccnc(Nc4ccncc4)n3)[nH]2)OC1. The Labute approximate surface area is 241 Å². The van der Waals surface area contributed by atoms with Gasteiger partial charge in [0.2, 0.25) is 18.1 Å². The molecule has 4 heterocycles. The molecule has 1 amide bonds. The van der Waals surface area contributed by atoms with Gasteiger partial charge in [-0.3, -0.25) is 9.78 Å². The van der Waals surface area contributed by atoms with Crippen LogP contribution >= 0.6 is 0 Å². The molecule has 0 unspecified atom stereocenters. The number of carbonyl (C=O) groups excluding carboxylic acids is 1. The second-order valence-electron chi connectivity index (χ2n) is 10.2. The van der Waals surface area contributed by atoms with Crippen molar-refractivity contribution in [3.05, 3.63) is 109 Å². The zero-order valence-electron chi connectivity index (χ0n) is 22.8. The molecule has 3 N–H and O–H groups in total. The van der Waals surface area contributed by atoms with Crippen LogP contribution in [0.2, 0.25) is 0 Å². The number of halogens is 1. The fourth-order valence-electron chi connectivity index (χ4n) is 4.52. The molecule has 1 aliphatic heterocycles. The van der Waals surface area contributed by atoms with E-state index in [-0.39, 0.29) is 24.9 Å². The normalized spacial score (nSPS) is 18.4. The van der Waals surface area contributed by atoms with Crippen LogP contribution in [-0.2, 0) is 20.8 Å². The first-order valence-electron chi connectivity index (χ1n) is 13.4. The molecule has 0 atom stereocenters. The summed E-state index contributed by atoms with van der Waals surface area (Å²) in [5, 5.41) is 6.13. The van der Waals surface area contributed by atoms with Gasteiger partial charge in [0.05, 0.1) is 35.7 Å². The number of hydrogen-bond acceptors (Lipinski definition) is 8. The molecule has 0 aliphatic carbocycles. The molecule has 1 aliphatic rings. The summed E-state index contributed by atoms with van der Waals surface area (Å²) >= 11 is 0. The van der Waals surface area contributed by atoms with Crippen molar-refractivity contribution in [3.63, 3.8) is 0 Å². The Hall–Kier alpha value is -5.00. The lowest BCUT2D eigenvalue weighted by molar-refractivity contribution is -0.231. The summed E-state index contributed by atoms with van der Waals surface area (Å²) in [4.78, 5) is 34.1. The highest BCUT2D eigenvalue weighted by atomic mass is 19.1. The van der Waals surface area contributed by atoms with Crippen molar-refractivity contribution < 1.29 is 18.7 Å². The van der Waals surface area contributed by atoms with Crippen molar-refractivity contribution in [2.45, 2.75) is 19.8 Å². The van der Waals surface area contributed by atoms with Crippen LogP contribution in [0.5, 0.6) is 0 Å². The van der Waals surface area contributed by atoms with E-state index in [9.17, 15) is 9.18 Å². The fourth-order valence-corrected chi connectivity index (χ4v) is 4.52. The van der Waals surface area contributed by atoms with E-state index in [1.807, 2.05) is 42.5 Å². The number of ether oxygens (including phenoxy) is 2. The van der Waals surface area contributed by atoms with Crippen molar-refractivity contribution in [1.29, 1.82) is 0 Å². The minimum absolute atomic E-state index is 0.133. The minimum atomic E-state index is -0.874. The Morgan fingerprint density at radius 2 is 1.71 bits per heavy atom. The predicted molar refractivity (Wildman–Crippen MR) is 154 cm³/mol. The molecular weight excluding hydrogens is 537 g/mol. The van der Waals surface area contributed by atoms with Crippen molar-refractivity contribution in [2.24, 2.45) is 5.41 Å². The molecule has 2 aromatic carbocycles. The number of imidazole rings is 1. The van der Waals surface area contributed by atoms with Crippen molar-refractivity contribution in [3.8, 4) is 22.6 Å². The van der Waals surface area contributed by atoms with Gasteiger partial charge in [-0.15, -0.1) is 0 Å². The Morgan fingerprint density at radius 1 is 0.976 bits per heavy atom. The summed E-state index contributed by atoms with van der Waals surface area (Å²) in [5.74, 6) is 0.263. The lowest BCUT2D eigenvalue weighted by atomic mass is 9.91. The molecule has 1 saturated heterocycles. The van der Waals surface area contributed by atoms with E-state index in [0.717, 1.165) is 11.3 Å². The van der Waals surface area contributed by atoms with Gasteiger partial charge in [0.15, 0.2) is 5.82 Å². The minimum Gasteiger partial charge on any atom is -0.351 e. The average molecular weight is 566 g/mol. The summed E-state index contributed by atoms with van der Waals surface area (Å²) in [6.07, 6.45) is 4.13. The van der Waals surface area contributed by atoms with Gasteiger partial charge < -0.3 is 25.1 Å². The number of anilines is 2. The number of pyridine rings is 1. The number of aromatic nitrogens is 5. The van der Waals surface area contributed by atoms with E-state index < -0.39 is 11.7 Å². The van der Waals surface area contributed by atoms with Crippen LogP contribution in [0.4, 0.5) is 16.0 Å². The van der Waals surface area contributed by atoms with Gasteiger partial charge in [-0.25, -0.2) is 19.3 Å². The standard InChI is InChI=1S/C31H28FN7O3/c1-31(29(40)35-17-20-5-3-2-4-6-20)18-41-28(42-19-31)27-38-25(21-7-9-22(32)10-8-21)26(39-27)24-13-16-34-30(37-24)36-23-11-14-33-15-12-23/h2-16,28H,17-19H2,1H3,(H,35,40)(H,38,39)(H,33,34,36,37). The molecule has 11 heteroatoms. The molecule has 5 aromatic rings. The third kappa shape index (κ3) is 6.02. The summed E-state index contributed by atoms with van der Waals surface area (Å²) < 4.78 is 25.8. The van der Waals surface area contributed by atoms with E-state index in [1.54, 1.807) is 43.7 Å². The Morgan fingerprint density at radius 3 is 2.45 bits per heavy atom. The number of aromatic amines is 1. The van der Waals surface area contributed by atoms with E-state index >= 15 is 0 Å². The smallest absolute Gasteiger partial charge is 0.230 e. The van der Waals surface area contributed by atoms with Gasteiger partial charge in [-0.05, 0) is 55.0 Å². The van der Waals surface area contributed by atoms with Crippen LogP contribution < -0.4 is 10.6 Å². The second-order valence-corrected chi connectivity index (χ2v) is 10.2. The van der Waals surface area contributed by atoms with Gasteiger partial charge in [0.1, 0.15) is 5.82 Å². The lowest BCUT2D eigenvalue weighted by Gasteiger charge is -2.35.